The number of carbonyl (C=O) groups is 2. The van der Waals surface area contributed by atoms with Crippen LogP contribution in [0.5, 0.6) is 0 Å². The molecule has 6 N–H and O–H groups in total. The standard InChI is InChI=1S/C18H34N4O4/c1-5-8-26-17(25)12-9-13(22-18(19)20)14(16(12)24)15(21-10(4)23)11(6-2)7-3/h11-16,24H,5-9H2,1-4H3,(H,21,23)(H4,19,20,22)/t12-,13+,14+,15-,16+/m0/s1. The largest absolute Gasteiger partial charge is 0.465 e. The molecule has 0 saturated heterocycles. The highest BCUT2D eigenvalue weighted by Gasteiger charge is 2.51. The van der Waals surface area contributed by atoms with Crippen LogP contribution in [0.2, 0.25) is 0 Å². The summed E-state index contributed by atoms with van der Waals surface area (Å²) < 4.78 is 5.22. The van der Waals surface area contributed by atoms with E-state index in [-0.39, 0.29) is 23.8 Å². The fraction of sp³-hybridized carbons (Fsp3) is 0.833. The van der Waals surface area contributed by atoms with Gasteiger partial charge in [0.1, 0.15) is 0 Å². The molecule has 0 spiro atoms. The highest BCUT2D eigenvalue weighted by Crippen LogP contribution is 2.40. The van der Waals surface area contributed by atoms with Crippen LogP contribution in [0.3, 0.4) is 0 Å². The van der Waals surface area contributed by atoms with Crippen LogP contribution in [0.15, 0.2) is 4.99 Å². The Hall–Kier alpha value is -1.83. The van der Waals surface area contributed by atoms with Gasteiger partial charge in [-0.05, 0) is 18.8 Å². The number of aliphatic imine (C=N–C) groups is 1. The third-order valence-corrected chi connectivity index (χ3v) is 5.15. The minimum absolute atomic E-state index is 0.0964. The van der Waals surface area contributed by atoms with Gasteiger partial charge in [-0.3, -0.25) is 9.59 Å². The van der Waals surface area contributed by atoms with Crippen molar-refractivity contribution in [3.8, 4) is 0 Å². The van der Waals surface area contributed by atoms with Crippen LogP contribution in [0.25, 0.3) is 0 Å². The van der Waals surface area contributed by atoms with Crippen LogP contribution in [0, 0.1) is 17.8 Å². The summed E-state index contributed by atoms with van der Waals surface area (Å²) in [4.78, 5) is 28.4. The van der Waals surface area contributed by atoms with Crippen molar-refractivity contribution < 1.29 is 19.4 Å². The molecule has 1 amide bonds. The summed E-state index contributed by atoms with van der Waals surface area (Å²) in [5, 5.41) is 13.9. The van der Waals surface area contributed by atoms with Gasteiger partial charge in [0.15, 0.2) is 5.96 Å². The second-order valence-electron chi connectivity index (χ2n) is 7.00. The molecule has 150 valence electrons. The van der Waals surface area contributed by atoms with E-state index in [4.69, 9.17) is 16.2 Å². The molecule has 1 rings (SSSR count). The van der Waals surface area contributed by atoms with E-state index in [0.717, 1.165) is 12.8 Å². The van der Waals surface area contributed by atoms with E-state index in [1.807, 2.05) is 20.8 Å². The predicted molar refractivity (Wildman–Crippen MR) is 100 cm³/mol. The monoisotopic (exact) mass is 370 g/mol. The van der Waals surface area contributed by atoms with E-state index < -0.39 is 30.0 Å². The number of esters is 1. The Balaban J connectivity index is 3.19. The zero-order valence-electron chi connectivity index (χ0n) is 16.3. The lowest BCUT2D eigenvalue weighted by atomic mass is 9.80. The normalized spacial score (nSPS) is 26.4. The molecule has 8 nitrogen and oxygen atoms in total. The second-order valence-corrected chi connectivity index (χ2v) is 7.00. The van der Waals surface area contributed by atoms with Crippen molar-refractivity contribution in [3.63, 3.8) is 0 Å². The minimum Gasteiger partial charge on any atom is -0.465 e. The summed E-state index contributed by atoms with van der Waals surface area (Å²) in [5.41, 5.74) is 11.1. The van der Waals surface area contributed by atoms with Crippen molar-refractivity contribution in [1.82, 2.24) is 5.32 Å². The van der Waals surface area contributed by atoms with Crippen molar-refractivity contribution in [1.29, 1.82) is 0 Å². The number of hydrogen-bond acceptors (Lipinski definition) is 5. The van der Waals surface area contributed by atoms with Crippen LogP contribution in [-0.4, -0.2) is 47.7 Å². The molecule has 0 aromatic carbocycles. The van der Waals surface area contributed by atoms with Gasteiger partial charge in [0.05, 0.1) is 24.7 Å². The van der Waals surface area contributed by atoms with Crippen molar-refractivity contribution in [2.45, 2.75) is 71.6 Å². The molecule has 0 aliphatic heterocycles. The molecule has 26 heavy (non-hydrogen) atoms. The van der Waals surface area contributed by atoms with Gasteiger partial charge in [0.25, 0.3) is 0 Å². The van der Waals surface area contributed by atoms with Crippen molar-refractivity contribution in [3.05, 3.63) is 0 Å². The zero-order valence-corrected chi connectivity index (χ0v) is 16.3. The van der Waals surface area contributed by atoms with Crippen LogP contribution in [-0.2, 0) is 14.3 Å². The number of amides is 1. The Bertz CT molecular complexity index is 503. The average molecular weight is 370 g/mol. The molecule has 0 radical (unpaired) electrons. The maximum absolute atomic E-state index is 12.4. The number of aliphatic hydroxyl groups excluding tert-OH is 1. The molecule has 0 bridgehead atoms. The van der Waals surface area contributed by atoms with Gasteiger partial charge < -0.3 is 26.6 Å². The predicted octanol–water partition coefficient (Wildman–Crippen LogP) is 0.520. The van der Waals surface area contributed by atoms with E-state index >= 15 is 0 Å². The number of carbonyl (C=O) groups excluding carboxylic acids is 2. The lowest BCUT2D eigenvalue weighted by molar-refractivity contribution is -0.152. The summed E-state index contributed by atoms with van der Waals surface area (Å²) in [5.74, 6) is -1.74. The Morgan fingerprint density at radius 1 is 1.27 bits per heavy atom. The Kier molecular flexibility index (Phi) is 8.84. The van der Waals surface area contributed by atoms with E-state index in [9.17, 15) is 14.7 Å². The van der Waals surface area contributed by atoms with Gasteiger partial charge in [0.2, 0.25) is 5.91 Å². The first-order valence-electron chi connectivity index (χ1n) is 9.47. The topological polar surface area (TPSA) is 140 Å². The van der Waals surface area contributed by atoms with Gasteiger partial charge >= 0.3 is 5.97 Å². The molecular weight excluding hydrogens is 336 g/mol. The first kappa shape index (κ1) is 22.2. The Morgan fingerprint density at radius 3 is 2.35 bits per heavy atom. The van der Waals surface area contributed by atoms with Crippen LogP contribution in [0.1, 0.15) is 53.4 Å². The van der Waals surface area contributed by atoms with Gasteiger partial charge in [-0.2, -0.15) is 0 Å². The first-order chi connectivity index (χ1) is 12.3. The molecule has 0 unspecified atom stereocenters. The zero-order chi connectivity index (χ0) is 19.9. The molecule has 1 aliphatic rings. The summed E-state index contributed by atoms with van der Waals surface area (Å²) in [6.45, 7) is 7.73. The van der Waals surface area contributed by atoms with Crippen molar-refractivity contribution in [2.24, 2.45) is 34.2 Å². The molecule has 1 aliphatic carbocycles. The fourth-order valence-electron chi connectivity index (χ4n) is 3.94. The molecule has 0 aromatic heterocycles. The van der Waals surface area contributed by atoms with Crippen LogP contribution in [0.4, 0.5) is 0 Å². The molecule has 1 saturated carbocycles. The van der Waals surface area contributed by atoms with Crippen molar-refractivity contribution >= 4 is 17.8 Å². The van der Waals surface area contributed by atoms with Gasteiger partial charge in [-0.25, -0.2) is 4.99 Å². The van der Waals surface area contributed by atoms with E-state index in [1.165, 1.54) is 6.92 Å². The molecule has 1 fully saturated rings. The second kappa shape index (κ2) is 10.4. The molecule has 0 heterocycles. The van der Waals surface area contributed by atoms with Gasteiger partial charge in [0, 0.05) is 18.9 Å². The minimum atomic E-state index is -0.982. The maximum atomic E-state index is 12.4. The summed E-state index contributed by atoms with van der Waals surface area (Å²) in [7, 11) is 0. The summed E-state index contributed by atoms with van der Waals surface area (Å²) in [6.07, 6.45) is 1.67. The number of rotatable bonds is 9. The maximum Gasteiger partial charge on any atom is 0.311 e. The number of guanidine groups is 1. The van der Waals surface area contributed by atoms with E-state index in [0.29, 0.717) is 19.4 Å². The Labute approximate surface area is 155 Å². The number of aliphatic hydroxyl groups is 1. The van der Waals surface area contributed by atoms with E-state index in [2.05, 4.69) is 10.3 Å². The highest BCUT2D eigenvalue weighted by molar-refractivity contribution is 5.77. The molecule has 0 aromatic rings. The van der Waals surface area contributed by atoms with Gasteiger partial charge in [-0.15, -0.1) is 0 Å². The van der Waals surface area contributed by atoms with Crippen molar-refractivity contribution in [2.75, 3.05) is 6.61 Å². The van der Waals surface area contributed by atoms with Crippen LogP contribution >= 0.6 is 0 Å². The lowest BCUT2D eigenvalue weighted by Gasteiger charge is -2.35. The number of nitrogens with zero attached hydrogens (tertiary/aromatic N) is 1. The number of hydrogen-bond donors (Lipinski definition) is 4. The lowest BCUT2D eigenvalue weighted by Crippen LogP contribution is -2.51. The smallest absolute Gasteiger partial charge is 0.311 e. The quantitative estimate of drug-likeness (QED) is 0.265. The summed E-state index contributed by atoms with van der Waals surface area (Å²) >= 11 is 0. The highest BCUT2D eigenvalue weighted by atomic mass is 16.5. The number of ether oxygens (including phenoxy) is 1. The Morgan fingerprint density at radius 2 is 1.88 bits per heavy atom. The first-order valence-corrected chi connectivity index (χ1v) is 9.47. The third kappa shape index (κ3) is 5.59. The number of nitrogens with one attached hydrogen (secondary N) is 1. The number of nitrogens with two attached hydrogens (primary N) is 2. The average Bonchev–Trinajstić information content (AvgIpc) is 2.87. The van der Waals surface area contributed by atoms with Gasteiger partial charge in [-0.1, -0.05) is 33.6 Å². The third-order valence-electron chi connectivity index (χ3n) is 5.15. The molecule has 8 heteroatoms. The molecular formula is C18H34N4O4. The summed E-state index contributed by atoms with van der Waals surface area (Å²) in [6, 6.07) is -0.777. The van der Waals surface area contributed by atoms with Crippen LogP contribution < -0.4 is 16.8 Å². The SMILES string of the molecule is CCCOC(=O)[C@H]1C[C@@H](N=C(N)N)[C@H]([C@@H](NC(C)=O)C(CC)CC)[C@@H]1O. The fourth-order valence-corrected chi connectivity index (χ4v) is 3.94. The van der Waals surface area contributed by atoms with E-state index in [1.54, 1.807) is 0 Å². The molecule has 5 atom stereocenters.